The normalized spacial score (nSPS) is 23.1. The zero-order valence-corrected chi connectivity index (χ0v) is 8.57. The van der Waals surface area contributed by atoms with E-state index in [1.165, 1.54) is 0 Å². The minimum Gasteiger partial charge on any atom is -0.445 e. The van der Waals surface area contributed by atoms with Gasteiger partial charge in [-0.1, -0.05) is 0 Å². The van der Waals surface area contributed by atoms with E-state index in [9.17, 15) is 0 Å². The largest absolute Gasteiger partial charge is 0.445 e. The van der Waals surface area contributed by atoms with E-state index in [4.69, 9.17) is 10.2 Å². The van der Waals surface area contributed by atoms with Crippen molar-refractivity contribution in [2.45, 2.75) is 18.8 Å². The molecule has 0 amide bonds. The zero-order valence-electron chi connectivity index (χ0n) is 8.57. The number of aromatic nitrogens is 1. The van der Waals surface area contributed by atoms with Crippen LogP contribution in [0.25, 0.3) is 0 Å². The summed E-state index contributed by atoms with van der Waals surface area (Å²) in [7, 11) is 2.13. The van der Waals surface area contributed by atoms with Crippen LogP contribution in [0.3, 0.4) is 0 Å². The van der Waals surface area contributed by atoms with Crippen molar-refractivity contribution in [3.63, 3.8) is 0 Å². The second kappa shape index (κ2) is 4.11. The van der Waals surface area contributed by atoms with Crippen LogP contribution in [0.1, 0.15) is 24.0 Å². The predicted octanol–water partition coefficient (Wildman–Crippen LogP) is 0.595. The van der Waals surface area contributed by atoms with Crippen molar-refractivity contribution < 1.29 is 4.42 Å². The van der Waals surface area contributed by atoms with Gasteiger partial charge in [0.1, 0.15) is 5.76 Å². The number of likely N-dealkylation sites (tertiary alicyclic amines) is 1. The van der Waals surface area contributed by atoms with Crippen molar-refractivity contribution in [2.24, 2.45) is 5.73 Å². The van der Waals surface area contributed by atoms with Crippen molar-refractivity contribution in [1.29, 1.82) is 0 Å². The first kappa shape index (κ1) is 9.68. The number of oxazole rings is 1. The number of nitrogens with zero attached hydrogens (tertiary/aromatic N) is 2. The number of hydrogen-bond acceptors (Lipinski definition) is 4. The van der Waals surface area contributed by atoms with Crippen LogP contribution in [0.4, 0.5) is 0 Å². The SMILES string of the molecule is CN1CCC(c2ncc(CCN)o2)C1. The van der Waals surface area contributed by atoms with Gasteiger partial charge in [-0.25, -0.2) is 4.98 Å². The van der Waals surface area contributed by atoms with Gasteiger partial charge in [0.05, 0.1) is 6.20 Å². The van der Waals surface area contributed by atoms with Crippen LogP contribution in [-0.4, -0.2) is 36.6 Å². The highest BCUT2D eigenvalue weighted by Gasteiger charge is 2.24. The third-order valence-electron chi connectivity index (χ3n) is 2.70. The smallest absolute Gasteiger partial charge is 0.198 e. The summed E-state index contributed by atoms with van der Waals surface area (Å²) in [5.41, 5.74) is 5.45. The highest BCUT2D eigenvalue weighted by molar-refractivity contribution is 5.02. The fourth-order valence-corrected chi connectivity index (χ4v) is 1.91. The molecule has 78 valence electrons. The summed E-state index contributed by atoms with van der Waals surface area (Å²) in [4.78, 5) is 6.61. The van der Waals surface area contributed by atoms with E-state index in [1.807, 2.05) is 0 Å². The molecule has 0 radical (unpaired) electrons. The molecule has 1 aliphatic rings. The van der Waals surface area contributed by atoms with E-state index in [2.05, 4.69) is 16.9 Å². The van der Waals surface area contributed by atoms with Gasteiger partial charge in [0.2, 0.25) is 0 Å². The second-order valence-corrected chi connectivity index (χ2v) is 3.95. The first-order valence-corrected chi connectivity index (χ1v) is 5.13. The maximum absolute atomic E-state index is 5.64. The van der Waals surface area contributed by atoms with Crippen LogP contribution in [-0.2, 0) is 6.42 Å². The summed E-state index contributed by atoms with van der Waals surface area (Å²) in [6, 6.07) is 0. The lowest BCUT2D eigenvalue weighted by Gasteiger charge is -2.05. The molecule has 0 aromatic carbocycles. The molecule has 1 aromatic rings. The quantitative estimate of drug-likeness (QED) is 0.767. The molecule has 2 N–H and O–H groups in total. The molecule has 0 bridgehead atoms. The molecule has 1 aromatic heterocycles. The number of rotatable bonds is 3. The minimum absolute atomic E-state index is 0.478. The zero-order chi connectivity index (χ0) is 9.97. The van der Waals surface area contributed by atoms with Gasteiger partial charge in [0.15, 0.2) is 5.89 Å². The van der Waals surface area contributed by atoms with Crippen molar-refractivity contribution in [3.8, 4) is 0 Å². The van der Waals surface area contributed by atoms with Crippen LogP contribution in [0, 0.1) is 0 Å². The van der Waals surface area contributed by atoms with Gasteiger partial charge in [-0.05, 0) is 26.6 Å². The summed E-state index contributed by atoms with van der Waals surface area (Å²) in [5, 5.41) is 0. The van der Waals surface area contributed by atoms with Crippen LogP contribution < -0.4 is 5.73 Å². The molecule has 0 spiro atoms. The Labute approximate surface area is 84.1 Å². The molecular weight excluding hydrogens is 178 g/mol. The molecule has 1 saturated heterocycles. The van der Waals surface area contributed by atoms with Gasteiger partial charge < -0.3 is 15.1 Å². The number of hydrogen-bond donors (Lipinski definition) is 1. The Morgan fingerprint density at radius 2 is 2.57 bits per heavy atom. The fourth-order valence-electron chi connectivity index (χ4n) is 1.91. The topological polar surface area (TPSA) is 55.3 Å². The van der Waals surface area contributed by atoms with Gasteiger partial charge in [-0.15, -0.1) is 0 Å². The van der Waals surface area contributed by atoms with Crippen LogP contribution >= 0.6 is 0 Å². The predicted molar refractivity (Wildman–Crippen MR) is 54.1 cm³/mol. The lowest BCUT2D eigenvalue weighted by molar-refractivity contribution is 0.384. The third kappa shape index (κ3) is 1.96. The molecule has 1 fully saturated rings. The summed E-state index contributed by atoms with van der Waals surface area (Å²) >= 11 is 0. The molecule has 1 atom stereocenters. The van der Waals surface area contributed by atoms with Crippen LogP contribution in [0.15, 0.2) is 10.6 Å². The fraction of sp³-hybridized carbons (Fsp3) is 0.700. The second-order valence-electron chi connectivity index (χ2n) is 3.95. The van der Waals surface area contributed by atoms with Crippen molar-refractivity contribution >= 4 is 0 Å². The summed E-state index contributed by atoms with van der Waals surface area (Å²) in [5.74, 6) is 2.28. The van der Waals surface area contributed by atoms with E-state index in [1.54, 1.807) is 6.20 Å². The maximum atomic E-state index is 5.64. The maximum Gasteiger partial charge on any atom is 0.198 e. The average Bonchev–Trinajstić information content (AvgIpc) is 2.74. The van der Waals surface area contributed by atoms with E-state index in [0.29, 0.717) is 12.5 Å². The molecule has 0 aliphatic carbocycles. The Hall–Kier alpha value is -0.870. The average molecular weight is 195 g/mol. The Kier molecular flexibility index (Phi) is 2.84. The molecule has 1 unspecified atom stereocenters. The molecule has 14 heavy (non-hydrogen) atoms. The van der Waals surface area contributed by atoms with Gasteiger partial charge in [0, 0.05) is 18.9 Å². The Bertz CT molecular complexity index is 297. The first-order valence-electron chi connectivity index (χ1n) is 5.13. The lowest BCUT2D eigenvalue weighted by atomic mass is 10.1. The molecule has 4 heteroatoms. The van der Waals surface area contributed by atoms with Gasteiger partial charge in [-0.3, -0.25) is 0 Å². The Morgan fingerprint density at radius 3 is 3.21 bits per heavy atom. The minimum atomic E-state index is 0.478. The van der Waals surface area contributed by atoms with Crippen LogP contribution in [0.2, 0.25) is 0 Å². The highest BCUT2D eigenvalue weighted by atomic mass is 16.4. The van der Waals surface area contributed by atoms with E-state index >= 15 is 0 Å². The van der Waals surface area contributed by atoms with Gasteiger partial charge >= 0.3 is 0 Å². The molecule has 4 nitrogen and oxygen atoms in total. The molecule has 2 heterocycles. The molecule has 0 saturated carbocycles. The molecule has 2 rings (SSSR count). The van der Waals surface area contributed by atoms with E-state index in [-0.39, 0.29) is 0 Å². The van der Waals surface area contributed by atoms with E-state index < -0.39 is 0 Å². The van der Waals surface area contributed by atoms with Crippen molar-refractivity contribution in [1.82, 2.24) is 9.88 Å². The highest BCUT2D eigenvalue weighted by Crippen LogP contribution is 2.25. The summed E-state index contributed by atoms with van der Waals surface area (Å²) in [6.45, 7) is 2.82. The van der Waals surface area contributed by atoms with Crippen molar-refractivity contribution in [2.75, 3.05) is 26.7 Å². The lowest BCUT2D eigenvalue weighted by Crippen LogP contribution is -2.13. The van der Waals surface area contributed by atoms with Gasteiger partial charge in [-0.2, -0.15) is 0 Å². The summed E-state index contributed by atoms with van der Waals surface area (Å²) < 4.78 is 5.64. The molecule has 1 aliphatic heterocycles. The third-order valence-corrected chi connectivity index (χ3v) is 2.70. The van der Waals surface area contributed by atoms with E-state index in [0.717, 1.165) is 37.6 Å². The monoisotopic (exact) mass is 195 g/mol. The number of nitrogens with two attached hydrogens (primary N) is 1. The Balaban J connectivity index is 2.02. The van der Waals surface area contributed by atoms with Gasteiger partial charge in [0.25, 0.3) is 0 Å². The number of likely N-dealkylation sites (N-methyl/N-ethyl adjacent to an activating group) is 1. The molecular formula is C10H17N3O. The van der Waals surface area contributed by atoms with Crippen LogP contribution in [0.5, 0.6) is 0 Å². The Morgan fingerprint density at radius 1 is 1.71 bits per heavy atom. The van der Waals surface area contributed by atoms with Crippen molar-refractivity contribution in [3.05, 3.63) is 17.8 Å². The standard InChI is InChI=1S/C10H17N3O/c1-13-5-3-8(7-13)10-12-6-9(14-10)2-4-11/h6,8H,2-5,7,11H2,1H3. The first-order chi connectivity index (χ1) is 6.79. The summed E-state index contributed by atoms with van der Waals surface area (Å²) in [6.07, 6.45) is 3.75.